The highest BCUT2D eigenvalue weighted by Gasteiger charge is 2.36. The van der Waals surface area contributed by atoms with E-state index in [0.717, 1.165) is 45.5 Å². The summed E-state index contributed by atoms with van der Waals surface area (Å²) in [5.74, 6) is -0.437. The molecule has 0 aliphatic rings. The van der Waals surface area contributed by atoms with E-state index < -0.39 is 32.9 Å². The predicted molar refractivity (Wildman–Crippen MR) is 176 cm³/mol. The van der Waals surface area contributed by atoms with E-state index in [4.69, 9.17) is 23.2 Å². The number of hydrogen-bond acceptors (Lipinski definition) is 4. The largest absolute Gasteiger partial charge is 0.505 e. The van der Waals surface area contributed by atoms with Crippen LogP contribution in [0.2, 0.25) is 10.0 Å². The number of phenolic OH excluding ortho intramolecular Hbond substituents is 1. The van der Waals surface area contributed by atoms with Crippen LogP contribution in [0.4, 0.5) is 35.9 Å². The van der Waals surface area contributed by atoms with Crippen molar-refractivity contribution in [2.24, 2.45) is 0 Å². The number of nitrogens with zero attached hydrogens (tertiary/aromatic N) is 1. The van der Waals surface area contributed by atoms with Crippen molar-refractivity contribution in [3.05, 3.63) is 118 Å². The van der Waals surface area contributed by atoms with Gasteiger partial charge in [-0.2, -0.15) is 13.2 Å². The van der Waals surface area contributed by atoms with Crippen LogP contribution < -0.4 is 9.62 Å². The van der Waals surface area contributed by atoms with Crippen LogP contribution in [0.5, 0.6) is 5.75 Å². The van der Waals surface area contributed by atoms with Gasteiger partial charge >= 0.3 is 6.18 Å². The van der Waals surface area contributed by atoms with Crippen LogP contribution in [0, 0.1) is 6.92 Å². The number of fused-ring (bicyclic) bond motifs is 1. The molecule has 0 unspecified atom stereocenters. The lowest BCUT2D eigenvalue weighted by molar-refractivity contribution is -0.137. The summed E-state index contributed by atoms with van der Waals surface area (Å²) < 4.78 is 70.4. The molecule has 0 fully saturated rings. The second-order valence-electron chi connectivity index (χ2n) is 11.7. The van der Waals surface area contributed by atoms with Crippen molar-refractivity contribution < 1.29 is 26.7 Å². The Kier molecular flexibility index (Phi) is 8.50. The summed E-state index contributed by atoms with van der Waals surface area (Å²) in [4.78, 5) is -0.387. The molecule has 5 nitrogen and oxygen atoms in total. The summed E-state index contributed by atoms with van der Waals surface area (Å²) in [5.41, 5.74) is 1.83. The van der Waals surface area contributed by atoms with Crippen LogP contribution in [0.3, 0.4) is 0 Å². The van der Waals surface area contributed by atoms with Gasteiger partial charge < -0.3 is 10.4 Å². The minimum Gasteiger partial charge on any atom is -0.505 e. The molecule has 0 saturated heterocycles. The molecule has 0 spiro atoms. The molecule has 5 aromatic rings. The molecule has 5 rings (SSSR count). The number of aromatic hydroxyl groups is 1. The summed E-state index contributed by atoms with van der Waals surface area (Å²) in [7, 11) is -4.62. The summed E-state index contributed by atoms with van der Waals surface area (Å²) in [5, 5.41) is 14.6. The smallest absolute Gasteiger partial charge is 0.416 e. The fourth-order valence-electron chi connectivity index (χ4n) is 5.03. The van der Waals surface area contributed by atoms with E-state index in [2.05, 4.69) is 5.32 Å². The SMILES string of the molecule is Cc1ccc(Nc2cc(C(C)(C)C)c(N(c3cc(Cl)c(O)c(Cl)c3)S(=O)(=O)c3ccc(C(F)(F)F)cc3)c3ccccc23)cc1. The van der Waals surface area contributed by atoms with E-state index in [1.807, 2.05) is 70.2 Å². The minimum atomic E-state index is -4.66. The number of rotatable bonds is 6. The molecular formula is C34H29Cl2F3N2O3S. The average molecular weight is 674 g/mol. The first-order chi connectivity index (χ1) is 21.0. The second kappa shape index (κ2) is 11.8. The van der Waals surface area contributed by atoms with E-state index >= 15 is 0 Å². The third-order valence-electron chi connectivity index (χ3n) is 7.31. The average Bonchev–Trinajstić information content (AvgIpc) is 2.97. The van der Waals surface area contributed by atoms with Gasteiger partial charge in [0.05, 0.1) is 31.9 Å². The number of nitrogens with one attached hydrogen (secondary N) is 1. The lowest BCUT2D eigenvalue weighted by atomic mass is 9.83. The predicted octanol–water partition coefficient (Wildman–Crippen LogP) is 10.7. The molecule has 2 N–H and O–H groups in total. The van der Waals surface area contributed by atoms with Crippen molar-refractivity contribution in [2.75, 3.05) is 9.62 Å². The maximum absolute atomic E-state index is 14.6. The first kappa shape index (κ1) is 32.5. The summed E-state index contributed by atoms with van der Waals surface area (Å²) in [6.07, 6.45) is -4.66. The van der Waals surface area contributed by atoms with Gasteiger partial charge in [-0.1, -0.05) is 85.9 Å². The first-order valence-corrected chi connectivity index (χ1v) is 16.0. The Labute approximate surface area is 269 Å². The number of phenols is 1. The fraction of sp³-hybridized carbons (Fsp3) is 0.176. The van der Waals surface area contributed by atoms with Gasteiger partial charge in [-0.3, -0.25) is 0 Å². The zero-order chi connectivity index (χ0) is 32.9. The van der Waals surface area contributed by atoms with Crippen LogP contribution in [0.1, 0.15) is 37.5 Å². The van der Waals surface area contributed by atoms with Gasteiger partial charge in [0, 0.05) is 22.1 Å². The van der Waals surface area contributed by atoms with Gasteiger partial charge in [0.15, 0.2) is 5.75 Å². The Morgan fingerprint density at radius 3 is 1.89 bits per heavy atom. The van der Waals surface area contributed by atoms with Gasteiger partial charge in [0.2, 0.25) is 0 Å². The van der Waals surface area contributed by atoms with E-state index in [-0.39, 0.29) is 26.3 Å². The number of sulfonamides is 1. The molecule has 0 radical (unpaired) electrons. The molecule has 0 bridgehead atoms. The Bertz CT molecular complexity index is 1980. The molecule has 0 amide bonds. The highest BCUT2D eigenvalue weighted by Crippen LogP contribution is 2.48. The Balaban J connectivity index is 1.86. The van der Waals surface area contributed by atoms with Crippen molar-refractivity contribution in [1.29, 1.82) is 0 Å². The van der Waals surface area contributed by atoms with E-state index in [9.17, 15) is 26.7 Å². The number of halogens is 5. The molecule has 0 aromatic heterocycles. The maximum Gasteiger partial charge on any atom is 0.416 e. The van der Waals surface area contributed by atoms with Crippen LogP contribution in [0.15, 0.2) is 95.9 Å². The molecule has 45 heavy (non-hydrogen) atoms. The van der Waals surface area contributed by atoms with Gasteiger partial charge in [-0.15, -0.1) is 0 Å². The topological polar surface area (TPSA) is 69.6 Å². The van der Waals surface area contributed by atoms with Gasteiger partial charge in [-0.05, 0) is 72.5 Å². The molecule has 0 aliphatic carbocycles. The molecule has 5 aromatic carbocycles. The normalized spacial score (nSPS) is 12.4. The van der Waals surface area contributed by atoms with Crippen molar-refractivity contribution in [3.8, 4) is 5.75 Å². The zero-order valence-corrected chi connectivity index (χ0v) is 27.0. The van der Waals surface area contributed by atoms with Crippen LogP contribution in [-0.2, 0) is 21.6 Å². The molecule has 0 atom stereocenters. The van der Waals surface area contributed by atoms with Crippen molar-refractivity contribution in [1.82, 2.24) is 0 Å². The van der Waals surface area contributed by atoms with Crippen LogP contribution in [-0.4, -0.2) is 13.5 Å². The number of aryl methyl sites for hydroxylation is 1. The Hall–Kier alpha value is -3.92. The van der Waals surface area contributed by atoms with E-state index in [1.165, 1.54) is 12.1 Å². The number of alkyl halides is 3. The molecule has 234 valence electrons. The molecular weight excluding hydrogens is 644 g/mol. The van der Waals surface area contributed by atoms with Crippen LogP contribution in [0.25, 0.3) is 10.8 Å². The molecule has 0 aliphatic heterocycles. The standard InChI is InChI=1S/C34H29Cl2F3N2O3S/c1-20-9-13-22(14-10-20)40-30-19-27(33(2,3)4)31(26-8-6-5-7-25(26)30)41(23-17-28(35)32(42)29(36)18-23)45(43,44)24-15-11-21(12-16-24)34(37,38)39/h5-19,40,42H,1-4H3. The Morgan fingerprint density at radius 1 is 0.800 bits per heavy atom. The lowest BCUT2D eigenvalue weighted by Gasteiger charge is -2.33. The first-order valence-electron chi connectivity index (χ1n) is 13.8. The second-order valence-corrected chi connectivity index (χ2v) is 14.3. The van der Waals surface area contributed by atoms with Gasteiger partial charge in [0.25, 0.3) is 10.0 Å². The highest BCUT2D eigenvalue weighted by atomic mass is 35.5. The van der Waals surface area contributed by atoms with Gasteiger partial charge in [-0.25, -0.2) is 12.7 Å². The summed E-state index contributed by atoms with van der Waals surface area (Å²) in [6, 6.07) is 22.7. The quantitative estimate of drug-likeness (QED) is 0.188. The van der Waals surface area contributed by atoms with Gasteiger partial charge in [0.1, 0.15) is 0 Å². The summed E-state index contributed by atoms with van der Waals surface area (Å²) >= 11 is 12.6. The third-order valence-corrected chi connectivity index (χ3v) is 9.63. The summed E-state index contributed by atoms with van der Waals surface area (Å²) in [6.45, 7) is 7.76. The monoisotopic (exact) mass is 672 g/mol. The van der Waals surface area contributed by atoms with Crippen LogP contribution >= 0.6 is 23.2 Å². The molecule has 0 saturated carbocycles. The number of benzene rings is 5. The zero-order valence-electron chi connectivity index (χ0n) is 24.7. The van der Waals surface area contributed by atoms with Crippen molar-refractivity contribution in [3.63, 3.8) is 0 Å². The Morgan fingerprint density at radius 2 is 1.36 bits per heavy atom. The van der Waals surface area contributed by atoms with Crippen molar-refractivity contribution in [2.45, 2.75) is 44.2 Å². The lowest BCUT2D eigenvalue weighted by Crippen LogP contribution is -2.30. The molecule has 0 heterocycles. The van der Waals surface area contributed by atoms with Crippen molar-refractivity contribution >= 4 is 66.7 Å². The highest BCUT2D eigenvalue weighted by molar-refractivity contribution is 7.93. The maximum atomic E-state index is 14.6. The van der Waals surface area contributed by atoms with E-state index in [1.54, 1.807) is 12.1 Å². The fourth-order valence-corrected chi connectivity index (χ4v) is 7.01. The van der Waals surface area contributed by atoms with E-state index in [0.29, 0.717) is 16.3 Å². The number of hydrogen-bond donors (Lipinski definition) is 2. The number of anilines is 4. The molecule has 11 heteroatoms. The third kappa shape index (κ3) is 6.43. The minimum absolute atomic E-state index is 0.0161.